The van der Waals surface area contributed by atoms with Crippen LogP contribution in [-0.2, 0) is 19.9 Å². The second kappa shape index (κ2) is 5.62. The molecule has 3 nitrogen and oxygen atoms in total. The third-order valence-electron chi connectivity index (χ3n) is 5.94. The maximum atomic E-state index is 12.9. The minimum atomic E-state index is -0.710. The summed E-state index contributed by atoms with van der Waals surface area (Å²) in [6, 6.07) is 8.46. The Hall–Kier alpha value is -1.35. The highest BCUT2D eigenvalue weighted by atomic mass is 16.7. The Labute approximate surface area is 138 Å². The zero-order chi connectivity index (χ0) is 15.9. The van der Waals surface area contributed by atoms with Crippen molar-refractivity contribution in [2.75, 3.05) is 0 Å². The number of benzene rings is 1. The lowest BCUT2D eigenvalue weighted by Gasteiger charge is -2.27. The van der Waals surface area contributed by atoms with Gasteiger partial charge in [-0.1, -0.05) is 36.2 Å². The summed E-state index contributed by atoms with van der Waals surface area (Å²) in [5, 5.41) is 0. The number of hydrogen-bond acceptors (Lipinski definition) is 3. The van der Waals surface area contributed by atoms with E-state index in [1.807, 2.05) is 0 Å². The summed E-state index contributed by atoms with van der Waals surface area (Å²) in [6.45, 7) is 2.08. The second-order valence-electron chi connectivity index (χ2n) is 7.49. The van der Waals surface area contributed by atoms with Crippen molar-refractivity contribution in [2.45, 2.75) is 82.0 Å². The Morgan fingerprint density at radius 2 is 1.74 bits per heavy atom. The number of aryl methyl sites for hydroxylation is 1. The van der Waals surface area contributed by atoms with E-state index in [0.717, 1.165) is 44.1 Å². The fourth-order valence-corrected chi connectivity index (χ4v) is 4.52. The third-order valence-corrected chi connectivity index (χ3v) is 5.94. The van der Waals surface area contributed by atoms with Gasteiger partial charge in [0.25, 0.3) is 0 Å². The van der Waals surface area contributed by atoms with Crippen LogP contribution in [0.5, 0.6) is 0 Å². The van der Waals surface area contributed by atoms with E-state index in [9.17, 15) is 4.79 Å². The molecular formula is C20H26O3. The van der Waals surface area contributed by atoms with Gasteiger partial charge < -0.3 is 9.47 Å². The molecule has 4 rings (SSSR count). The molecule has 1 heterocycles. The van der Waals surface area contributed by atoms with E-state index in [4.69, 9.17) is 9.47 Å². The number of rotatable bonds is 3. The van der Waals surface area contributed by atoms with Crippen molar-refractivity contribution in [1.82, 2.24) is 0 Å². The first-order valence-electron chi connectivity index (χ1n) is 9.15. The molecule has 1 saturated heterocycles. The van der Waals surface area contributed by atoms with Crippen LogP contribution in [0.1, 0.15) is 68.9 Å². The van der Waals surface area contributed by atoms with E-state index in [-0.39, 0.29) is 12.1 Å². The van der Waals surface area contributed by atoms with Crippen LogP contribution >= 0.6 is 0 Å². The number of carbonyl (C=O) groups excluding carboxylic acids is 1. The molecule has 3 fully saturated rings. The zero-order valence-electron chi connectivity index (χ0n) is 14.0. The lowest BCUT2D eigenvalue weighted by molar-refractivity contribution is -0.157. The van der Waals surface area contributed by atoms with Gasteiger partial charge in [0.1, 0.15) is 11.7 Å². The van der Waals surface area contributed by atoms with Gasteiger partial charge in [0.15, 0.2) is 5.60 Å². The minimum Gasteiger partial charge on any atom is -0.460 e. The summed E-state index contributed by atoms with van der Waals surface area (Å²) in [7, 11) is 0. The lowest BCUT2D eigenvalue weighted by atomic mass is 9.75. The first-order chi connectivity index (χ1) is 11.2. The molecule has 0 amide bonds. The fraction of sp³-hybridized carbons (Fsp3) is 0.650. The quantitative estimate of drug-likeness (QED) is 0.613. The van der Waals surface area contributed by atoms with Gasteiger partial charge in [-0.15, -0.1) is 0 Å². The van der Waals surface area contributed by atoms with Crippen LogP contribution in [0, 0.1) is 6.92 Å². The van der Waals surface area contributed by atoms with Crippen LogP contribution in [0.3, 0.4) is 0 Å². The van der Waals surface area contributed by atoms with Gasteiger partial charge in [-0.05, 0) is 63.9 Å². The Balaban J connectivity index is 1.56. The fourth-order valence-electron chi connectivity index (χ4n) is 4.52. The normalized spacial score (nSPS) is 33.8. The van der Waals surface area contributed by atoms with Crippen LogP contribution in [0.25, 0.3) is 0 Å². The predicted octanol–water partition coefficient (Wildman–Crippen LogP) is 4.41. The molecule has 2 unspecified atom stereocenters. The molecule has 2 aliphatic carbocycles. The molecule has 1 aromatic carbocycles. The Kier molecular flexibility index (Phi) is 3.72. The van der Waals surface area contributed by atoms with Crippen molar-refractivity contribution >= 4 is 5.97 Å². The van der Waals surface area contributed by atoms with Crippen molar-refractivity contribution in [3.63, 3.8) is 0 Å². The molecular weight excluding hydrogens is 288 g/mol. The molecule has 2 atom stereocenters. The maximum absolute atomic E-state index is 12.9. The Bertz CT molecular complexity index is 587. The molecule has 3 heteroatoms. The Morgan fingerprint density at radius 1 is 1.04 bits per heavy atom. The van der Waals surface area contributed by atoms with Crippen LogP contribution in [-0.4, -0.2) is 17.7 Å². The smallest absolute Gasteiger partial charge is 0.342 e. The predicted molar refractivity (Wildman–Crippen MR) is 88.1 cm³/mol. The number of ether oxygens (including phenoxy) is 2. The van der Waals surface area contributed by atoms with Gasteiger partial charge in [-0.25, -0.2) is 4.79 Å². The Morgan fingerprint density at radius 3 is 2.48 bits per heavy atom. The van der Waals surface area contributed by atoms with Crippen molar-refractivity contribution in [2.24, 2.45) is 0 Å². The molecule has 1 aromatic rings. The summed E-state index contributed by atoms with van der Waals surface area (Å²) >= 11 is 0. The van der Waals surface area contributed by atoms with Crippen LogP contribution in [0.2, 0.25) is 0 Å². The van der Waals surface area contributed by atoms with Gasteiger partial charge in [-0.2, -0.15) is 0 Å². The summed E-state index contributed by atoms with van der Waals surface area (Å²) < 4.78 is 12.1. The monoisotopic (exact) mass is 314 g/mol. The lowest BCUT2D eigenvalue weighted by Crippen LogP contribution is -2.39. The van der Waals surface area contributed by atoms with Crippen molar-refractivity contribution in [3.05, 3.63) is 35.4 Å². The molecule has 23 heavy (non-hydrogen) atoms. The highest BCUT2D eigenvalue weighted by Gasteiger charge is 2.76. The average Bonchev–Trinajstić information content (AvgIpc) is 3.28. The topological polar surface area (TPSA) is 38.8 Å². The third kappa shape index (κ3) is 2.40. The largest absolute Gasteiger partial charge is 0.460 e. The summed E-state index contributed by atoms with van der Waals surface area (Å²) in [4.78, 5) is 12.9. The van der Waals surface area contributed by atoms with Gasteiger partial charge >= 0.3 is 5.97 Å². The van der Waals surface area contributed by atoms with Crippen molar-refractivity contribution in [1.29, 1.82) is 0 Å². The van der Waals surface area contributed by atoms with Crippen molar-refractivity contribution in [3.8, 4) is 0 Å². The van der Waals surface area contributed by atoms with E-state index < -0.39 is 11.2 Å². The van der Waals surface area contributed by atoms with Crippen LogP contribution in [0.15, 0.2) is 24.3 Å². The number of epoxide rings is 1. The number of esters is 1. The molecule has 2 saturated carbocycles. The highest BCUT2D eigenvalue weighted by Crippen LogP contribution is 2.64. The first kappa shape index (κ1) is 15.2. The van der Waals surface area contributed by atoms with Gasteiger partial charge in [-0.3, -0.25) is 0 Å². The number of fused-ring (bicyclic) bond motifs is 1. The molecule has 1 aliphatic heterocycles. The molecule has 0 aromatic heterocycles. The highest BCUT2D eigenvalue weighted by molar-refractivity contribution is 5.86. The van der Waals surface area contributed by atoms with Gasteiger partial charge in [0, 0.05) is 0 Å². The summed E-state index contributed by atoms with van der Waals surface area (Å²) in [5.41, 5.74) is 1.24. The van der Waals surface area contributed by atoms with E-state index in [2.05, 4.69) is 31.2 Å². The van der Waals surface area contributed by atoms with Gasteiger partial charge in [0.05, 0.1) is 0 Å². The van der Waals surface area contributed by atoms with E-state index in [1.54, 1.807) is 0 Å². The molecule has 124 valence electrons. The van der Waals surface area contributed by atoms with Crippen LogP contribution in [0.4, 0.5) is 0 Å². The van der Waals surface area contributed by atoms with E-state index in [1.165, 1.54) is 24.8 Å². The maximum Gasteiger partial charge on any atom is 0.342 e. The van der Waals surface area contributed by atoms with E-state index in [0.29, 0.717) is 0 Å². The average molecular weight is 314 g/mol. The van der Waals surface area contributed by atoms with E-state index >= 15 is 0 Å². The minimum absolute atomic E-state index is 0.104. The molecule has 0 spiro atoms. The van der Waals surface area contributed by atoms with Crippen molar-refractivity contribution < 1.29 is 14.3 Å². The first-order valence-corrected chi connectivity index (χ1v) is 9.15. The van der Waals surface area contributed by atoms with Gasteiger partial charge in [0.2, 0.25) is 0 Å². The van der Waals surface area contributed by atoms with Crippen LogP contribution < -0.4 is 0 Å². The zero-order valence-corrected chi connectivity index (χ0v) is 14.0. The molecule has 3 aliphatic rings. The number of carbonyl (C=O) groups is 1. The molecule has 0 radical (unpaired) electrons. The number of hydrogen-bond donors (Lipinski definition) is 0. The molecule has 0 N–H and O–H groups in total. The molecule has 0 bridgehead atoms. The summed E-state index contributed by atoms with van der Waals surface area (Å²) in [6.07, 6.45) is 9.64. The second-order valence-corrected chi connectivity index (χ2v) is 7.49. The standard InChI is InChI=1S/C20H26O3/c1-15-9-11-16(12-10-15)19-13-5-6-14-20(19,23-19)18(21)22-17-7-3-2-4-8-17/h9-12,17H,2-8,13-14H2,1H3. The summed E-state index contributed by atoms with van der Waals surface area (Å²) in [5.74, 6) is -0.107. The SMILES string of the molecule is Cc1ccc(C23CCCCC2(C(=O)OC2CCCCC2)O3)cc1.